The number of halogens is 1. The first-order valence-corrected chi connectivity index (χ1v) is 5.20. The highest BCUT2D eigenvalue weighted by atomic mass is 19.1. The zero-order valence-electron chi connectivity index (χ0n) is 8.83. The number of hydrogen-bond donors (Lipinski definition) is 1. The molecule has 0 amide bonds. The van der Waals surface area contributed by atoms with Crippen molar-refractivity contribution in [3.63, 3.8) is 0 Å². The van der Waals surface area contributed by atoms with Gasteiger partial charge in [-0.2, -0.15) is 0 Å². The molecule has 0 radical (unpaired) electrons. The molecule has 0 fully saturated rings. The van der Waals surface area contributed by atoms with E-state index in [1.165, 1.54) is 12.1 Å². The van der Waals surface area contributed by atoms with E-state index in [2.05, 4.69) is 13.8 Å². The second-order valence-corrected chi connectivity index (χ2v) is 3.65. The van der Waals surface area contributed by atoms with Gasteiger partial charge in [0, 0.05) is 6.04 Å². The molecule has 0 aromatic heterocycles. The summed E-state index contributed by atoms with van der Waals surface area (Å²) in [7, 11) is 0. The van der Waals surface area contributed by atoms with Crippen LogP contribution in [0.15, 0.2) is 24.3 Å². The molecule has 14 heavy (non-hydrogen) atoms. The normalized spacial score (nSPS) is 13.2. The van der Waals surface area contributed by atoms with E-state index in [1.807, 2.05) is 0 Å². The molecule has 2 N–H and O–H groups in total. The molecule has 0 heterocycles. The van der Waals surface area contributed by atoms with Crippen molar-refractivity contribution < 1.29 is 4.39 Å². The lowest BCUT2D eigenvalue weighted by molar-refractivity contribution is 0.405. The van der Waals surface area contributed by atoms with Crippen LogP contribution in [0.4, 0.5) is 4.39 Å². The SMILES string of the molecule is CCC(CC)C(N)c1ccc(F)cc1. The van der Waals surface area contributed by atoms with Crippen LogP contribution in [0.1, 0.15) is 38.3 Å². The highest BCUT2D eigenvalue weighted by Crippen LogP contribution is 2.24. The lowest BCUT2D eigenvalue weighted by atomic mass is 9.90. The van der Waals surface area contributed by atoms with E-state index in [0.717, 1.165) is 18.4 Å². The summed E-state index contributed by atoms with van der Waals surface area (Å²) in [6.45, 7) is 4.27. The maximum atomic E-state index is 12.7. The minimum Gasteiger partial charge on any atom is -0.324 e. The Morgan fingerprint density at radius 1 is 1.14 bits per heavy atom. The number of rotatable bonds is 4. The quantitative estimate of drug-likeness (QED) is 0.784. The molecule has 1 atom stereocenters. The summed E-state index contributed by atoms with van der Waals surface area (Å²) in [5, 5.41) is 0. The Labute approximate surface area is 85.1 Å². The standard InChI is InChI=1S/C12H18FN/c1-3-9(4-2)12(14)10-5-7-11(13)8-6-10/h5-9,12H,3-4,14H2,1-2H3. The molecule has 0 spiro atoms. The topological polar surface area (TPSA) is 26.0 Å². The van der Waals surface area contributed by atoms with Gasteiger partial charge in [0.05, 0.1) is 0 Å². The first kappa shape index (κ1) is 11.2. The molecule has 1 unspecified atom stereocenters. The molecular formula is C12H18FN. The van der Waals surface area contributed by atoms with Gasteiger partial charge >= 0.3 is 0 Å². The minimum absolute atomic E-state index is 0.0330. The molecule has 78 valence electrons. The van der Waals surface area contributed by atoms with Crippen molar-refractivity contribution in [3.8, 4) is 0 Å². The van der Waals surface area contributed by atoms with E-state index in [1.54, 1.807) is 12.1 Å². The van der Waals surface area contributed by atoms with Gasteiger partial charge in [-0.15, -0.1) is 0 Å². The van der Waals surface area contributed by atoms with E-state index in [0.29, 0.717) is 5.92 Å². The zero-order chi connectivity index (χ0) is 10.6. The maximum absolute atomic E-state index is 12.7. The molecule has 0 aliphatic heterocycles. The van der Waals surface area contributed by atoms with E-state index >= 15 is 0 Å². The Hall–Kier alpha value is -0.890. The first-order chi connectivity index (χ1) is 6.69. The summed E-state index contributed by atoms with van der Waals surface area (Å²) < 4.78 is 12.7. The van der Waals surface area contributed by atoms with E-state index < -0.39 is 0 Å². The maximum Gasteiger partial charge on any atom is 0.123 e. The monoisotopic (exact) mass is 195 g/mol. The van der Waals surface area contributed by atoms with Crippen molar-refractivity contribution in [2.75, 3.05) is 0 Å². The fourth-order valence-electron chi connectivity index (χ4n) is 1.75. The molecule has 0 aliphatic rings. The number of nitrogens with two attached hydrogens (primary N) is 1. The van der Waals surface area contributed by atoms with Gasteiger partial charge in [-0.1, -0.05) is 38.8 Å². The third kappa shape index (κ3) is 2.55. The summed E-state index contributed by atoms with van der Waals surface area (Å²) in [5.74, 6) is 0.283. The summed E-state index contributed by atoms with van der Waals surface area (Å²) >= 11 is 0. The predicted molar refractivity (Wildman–Crippen MR) is 57.4 cm³/mol. The molecule has 2 heteroatoms. The molecular weight excluding hydrogens is 177 g/mol. The van der Waals surface area contributed by atoms with Gasteiger partial charge in [0.1, 0.15) is 5.82 Å². The smallest absolute Gasteiger partial charge is 0.123 e. The minimum atomic E-state index is -0.203. The van der Waals surface area contributed by atoms with Crippen molar-refractivity contribution in [3.05, 3.63) is 35.6 Å². The Balaban J connectivity index is 2.77. The third-order valence-electron chi connectivity index (χ3n) is 2.81. The molecule has 0 saturated carbocycles. The molecule has 1 rings (SSSR count). The lowest BCUT2D eigenvalue weighted by Gasteiger charge is -2.21. The van der Waals surface area contributed by atoms with Crippen LogP contribution in [0, 0.1) is 11.7 Å². The van der Waals surface area contributed by atoms with Crippen LogP contribution in [-0.4, -0.2) is 0 Å². The van der Waals surface area contributed by atoms with Gasteiger partial charge < -0.3 is 5.73 Å². The van der Waals surface area contributed by atoms with E-state index in [-0.39, 0.29) is 11.9 Å². The number of benzene rings is 1. The molecule has 0 aliphatic carbocycles. The van der Waals surface area contributed by atoms with Gasteiger partial charge in [0.15, 0.2) is 0 Å². The van der Waals surface area contributed by atoms with Crippen LogP contribution in [0.2, 0.25) is 0 Å². The fraction of sp³-hybridized carbons (Fsp3) is 0.500. The Morgan fingerprint density at radius 3 is 2.07 bits per heavy atom. The molecule has 1 nitrogen and oxygen atoms in total. The third-order valence-corrected chi connectivity index (χ3v) is 2.81. The highest BCUT2D eigenvalue weighted by Gasteiger charge is 2.15. The lowest BCUT2D eigenvalue weighted by Crippen LogP contribution is -2.20. The predicted octanol–water partition coefficient (Wildman–Crippen LogP) is 3.26. The summed E-state index contributed by atoms with van der Waals surface area (Å²) in [4.78, 5) is 0. The summed E-state index contributed by atoms with van der Waals surface area (Å²) in [6, 6.07) is 6.52. The largest absolute Gasteiger partial charge is 0.324 e. The Morgan fingerprint density at radius 2 is 1.64 bits per heavy atom. The van der Waals surface area contributed by atoms with Crippen LogP contribution in [-0.2, 0) is 0 Å². The highest BCUT2D eigenvalue weighted by molar-refractivity contribution is 5.20. The Bertz CT molecular complexity index is 264. The average Bonchev–Trinajstić information content (AvgIpc) is 2.20. The van der Waals surface area contributed by atoms with Crippen LogP contribution in [0.3, 0.4) is 0 Å². The van der Waals surface area contributed by atoms with Crippen LogP contribution in [0.5, 0.6) is 0 Å². The average molecular weight is 195 g/mol. The number of hydrogen-bond acceptors (Lipinski definition) is 1. The van der Waals surface area contributed by atoms with Gasteiger partial charge in [-0.3, -0.25) is 0 Å². The van der Waals surface area contributed by atoms with Crippen molar-refractivity contribution in [1.29, 1.82) is 0 Å². The van der Waals surface area contributed by atoms with Crippen molar-refractivity contribution in [2.45, 2.75) is 32.7 Å². The fourth-order valence-corrected chi connectivity index (χ4v) is 1.75. The van der Waals surface area contributed by atoms with E-state index in [9.17, 15) is 4.39 Å². The molecule has 0 saturated heterocycles. The molecule has 1 aromatic rings. The first-order valence-electron chi connectivity index (χ1n) is 5.20. The van der Waals surface area contributed by atoms with Gasteiger partial charge in [-0.25, -0.2) is 4.39 Å². The second kappa shape index (κ2) is 5.11. The van der Waals surface area contributed by atoms with Gasteiger partial charge in [0.25, 0.3) is 0 Å². The van der Waals surface area contributed by atoms with E-state index in [4.69, 9.17) is 5.73 Å². The van der Waals surface area contributed by atoms with Crippen molar-refractivity contribution >= 4 is 0 Å². The molecule has 0 bridgehead atoms. The second-order valence-electron chi connectivity index (χ2n) is 3.65. The molecule has 1 aromatic carbocycles. The van der Waals surface area contributed by atoms with Crippen molar-refractivity contribution in [1.82, 2.24) is 0 Å². The van der Waals surface area contributed by atoms with Crippen LogP contribution < -0.4 is 5.73 Å². The summed E-state index contributed by atoms with van der Waals surface area (Å²) in [5.41, 5.74) is 7.12. The Kier molecular flexibility index (Phi) is 4.08. The summed E-state index contributed by atoms with van der Waals surface area (Å²) in [6.07, 6.45) is 2.13. The van der Waals surface area contributed by atoms with Crippen LogP contribution in [0.25, 0.3) is 0 Å². The zero-order valence-corrected chi connectivity index (χ0v) is 8.83. The van der Waals surface area contributed by atoms with Crippen molar-refractivity contribution in [2.24, 2.45) is 11.7 Å². The van der Waals surface area contributed by atoms with Gasteiger partial charge in [0.2, 0.25) is 0 Å². The van der Waals surface area contributed by atoms with Gasteiger partial charge in [-0.05, 0) is 23.6 Å². The van der Waals surface area contributed by atoms with Crippen LogP contribution >= 0.6 is 0 Å².